The third-order valence-corrected chi connectivity index (χ3v) is 3.37. The Hall–Kier alpha value is -1.55. The van der Waals surface area contributed by atoms with Crippen LogP contribution in [0.3, 0.4) is 0 Å². The van der Waals surface area contributed by atoms with E-state index in [4.69, 9.17) is 15.2 Å². The van der Waals surface area contributed by atoms with Crippen molar-refractivity contribution >= 4 is 5.97 Å². The molecule has 0 saturated heterocycles. The molecule has 4 heteroatoms. The molecule has 112 valence electrons. The second-order valence-electron chi connectivity index (χ2n) is 5.07. The van der Waals surface area contributed by atoms with Crippen LogP contribution in [0.25, 0.3) is 0 Å². The molecule has 1 rings (SSSR count). The third-order valence-electron chi connectivity index (χ3n) is 3.37. The topological polar surface area (TPSA) is 61.5 Å². The highest BCUT2D eigenvalue weighted by Crippen LogP contribution is 2.22. The smallest absolute Gasteiger partial charge is 0.323 e. The third kappa shape index (κ3) is 4.53. The summed E-state index contributed by atoms with van der Waals surface area (Å²) in [5.41, 5.74) is 9.19. The van der Waals surface area contributed by atoms with Gasteiger partial charge in [0.05, 0.1) is 13.7 Å². The summed E-state index contributed by atoms with van der Waals surface area (Å²) in [6, 6.07) is 3.30. The van der Waals surface area contributed by atoms with Gasteiger partial charge >= 0.3 is 5.97 Å². The Labute approximate surface area is 121 Å². The molecule has 0 radical (unpaired) electrons. The number of rotatable bonds is 7. The van der Waals surface area contributed by atoms with Crippen LogP contribution >= 0.6 is 0 Å². The predicted molar refractivity (Wildman–Crippen MR) is 80.0 cm³/mol. The molecule has 2 N–H and O–H groups in total. The number of unbranched alkanes of at least 4 members (excludes halogenated alkanes) is 1. The highest BCUT2D eigenvalue weighted by atomic mass is 16.5. The second-order valence-corrected chi connectivity index (χ2v) is 5.07. The maximum absolute atomic E-state index is 11.8. The number of hydrogen-bond acceptors (Lipinski definition) is 4. The molecule has 0 bridgehead atoms. The summed E-state index contributed by atoms with van der Waals surface area (Å²) in [5, 5.41) is 0. The van der Waals surface area contributed by atoms with Crippen LogP contribution in [0.5, 0.6) is 5.75 Å². The summed E-state index contributed by atoms with van der Waals surface area (Å²) in [6.45, 7) is 6.50. The summed E-state index contributed by atoms with van der Waals surface area (Å²) < 4.78 is 10.4. The number of esters is 1. The van der Waals surface area contributed by atoms with Gasteiger partial charge in [-0.15, -0.1) is 0 Å². The van der Waals surface area contributed by atoms with Gasteiger partial charge in [-0.1, -0.05) is 13.3 Å². The fraction of sp³-hybridized carbons (Fsp3) is 0.562. The van der Waals surface area contributed by atoms with Gasteiger partial charge in [0.2, 0.25) is 0 Å². The largest absolute Gasteiger partial charge is 0.497 e. The molecule has 0 amide bonds. The number of hydrogen-bond donors (Lipinski definition) is 1. The van der Waals surface area contributed by atoms with Crippen LogP contribution in [-0.4, -0.2) is 25.7 Å². The maximum Gasteiger partial charge on any atom is 0.323 e. The molecule has 0 aromatic heterocycles. The normalized spacial score (nSPS) is 12.1. The van der Waals surface area contributed by atoms with Gasteiger partial charge in [0.15, 0.2) is 0 Å². The summed E-state index contributed by atoms with van der Waals surface area (Å²) >= 11 is 0. The first kappa shape index (κ1) is 16.5. The van der Waals surface area contributed by atoms with Gasteiger partial charge in [0.1, 0.15) is 11.8 Å². The molecule has 0 saturated carbocycles. The minimum Gasteiger partial charge on any atom is -0.497 e. The van der Waals surface area contributed by atoms with E-state index in [1.165, 1.54) is 0 Å². The van der Waals surface area contributed by atoms with Crippen molar-refractivity contribution in [3.8, 4) is 5.75 Å². The number of methoxy groups -OCH3 is 1. The molecule has 0 aliphatic rings. The molecule has 4 nitrogen and oxygen atoms in total. The van der Waals surface area contributed by atoms with E-state index in [0.29, 0.717) is 13.0 Å². The van der Waals surface area contributed by atoms with E-state index in [0.717, 1.165) is 35.3 Å². The van der Waals surface area contributed by atoms with Crippen LogP contribution < -0.4 is 10.5 Å². The monoisotopic (exact) mass is 279 g/mol. The van der Waals surface area contributed by atoms with Crippen molar-refractivity contribution in [2.24, 2.45) is 5.73 Å². The minimum absolute atomic E-state index is 0.326. The van der Waals surface area contributed by atoms with Crippen LogP contribution in [0.1, 0.15) is 36.5 Å². The van der Waals surface area contributed by atoms with Crippen LogP contribution in [0.2, 0.25) is 0 Å². The lowest BCUT2D eigenvalue weighted by molar-refractivity contribution is -0.145. The van der Waals surface area contributed by atoms with Gasteiger partial charge in [-0.3, -0.25) is 4.79 Å². The van der Waals surface area contributed by atoms with Crippen molar-refractivity contribution in [2.45, 2.75) is 46.1 Å². The summed E-state index contributed by atoms with van der Waals surface area (Å²) in [7, 11) is 1.64. The van der Waals surface area contributed by atoms with E-state index in [1.54, 1.807) is 7.11 Å². The standard InChI is InChI=1S/C16H25NO3/c1-5-6-7-20-16(18)15(17)10-14-11(2)8-13(19-4)9-12(14)3/h8-9,15H,5-7,10,17H2,1-4H3/t15-/m0/s1. The molecule has 0 heterocycles. The molecule has 0 fully saturated rings. The summed E-state index contributed by atoms with van der Waals surface area (Å²) in [6.07, 6.45) is 2.37. The zero-order chi connectivity index (χ0) is 15.1. The molecule has 1 aromatic carbocycles. The fourth-order valence-corrected chi connectivity index (χ4v) is 2.12. The lowest BCUT2D eigenvalue weighted by atomic mass is 9.96. The maximum atomic E-state index is 11.8. The molecule has 0 aliphatic carbocycles. The molecule has 20 heavy (non-hydrogen) atoms. The molecular weight excluding hydrogens is 254 g/mol. The number of ether oxygens (including phenoxy) is 2. The van der Waals surface area contributed by atoms with Gasteiger partial charge in [-0.25, -0.2) is 0 Å². The molecular formula is C16H25NO3. The number of benzene rings is 1. The highest BCUT2D eigenvalue weighted by Gasteiger charge is 2.18. The molecule has 0 spiro atoms. The number of carbonyl (C=O) groups is 1. The van der Waals surface area contributed by atoms with Gasteiger partial charge in [-0.2, -0.15) is 0 Å². The van der Waals surface area contributed by atoms with E-state index >= 15 is 0 Å². The van der Waals surface area contributed by atoms with Gasteiger partial charge in [0.25, 0.3) is 0 Å². The van der Waals surface area contributed by atoms with Gasteiger partial charge in [0, 0.05) is 0 Å². The molecule has 0 unspecified atom stereocenters. The summed E-state index contributed by atoms with van der Waals surface area (Å²) in [5.74, 6) is 0.496. The Morgan fingerprint density at radius 3 is 2.40 bits per heavy atom. The first-order valence-corrected chi connectivity index (χ1v) is 7.05. The number of aryl methyl sites for hydroxylation is 2. The Bertz CT molecular complexity index is 434. The van der Waals surface area contributed by atoms with E-state index in [2.05, 4.69) is 6.92 Å². The van der Waals surface area contributed by atoms with Crippen molar-refractivity contribution in [3.05, 3.63) is 28.8 Å². The number of nitrogens with two attached hydrogens (primary N) is 1. The van der Waals surface area contributed by atoms with E-state index in [9.17, 15) is 4.79 Å². The van der Waals surface area contributed by atoms with E-state index < -0.39 is 6.04 Å². The van der Waals surface area contributed by atoms with E-state index in [1.807, 2.05) is 26.0 Å². The summed E-state index contributed by atoms with van der Waals surface area (Å²) in [4.78, 5) is 11.8. The Balaban J connectivity index is 2.70. The van der Waals surface area contributed by atoms with Crippen LogP contribution in [-0.2, 0) is 16.0 Å². The van der Waals surface area contributed by atoms with Crippen LogP contribution in [0, 0.1) is 13.8 Å². The first-order chi connectivity index (χ1) is 9.49. The molecule has 0 aliphatic heterocycles. The average molecular weight is 279 g/mol. The predicted octanol–water partition coefficient (Wildman–Crippen LogP) is 2.53. The van der Waals surface area contributed by atoms with Crippen molar-refractivity contribution in [2.75, 3.05) is 13.7 Å². The van der Waals surface area contributed by atoms with Crippen molar-refractivity contribution < 1.29 is 14.3 Å². The van der Waals surface area contributed by atoms with Crippen LogP contribution in [0.15, 0.2) is 12.1 Å². The first-order valence-electron chi connectivity index (χ1n) is 7.05. The lowest BCUT2D eigenvalue weighted by Crippen LogP contribution is -2.35. The van der Waals surface area contributed by atoms with E-state index in [-0.39, 0.29) is 5.97 Å². The van der Waals surface area contributed by atoms with Crippen molar-refractivity contribution in [1.82, 2.24) is 0 Å². The van der Waals surface area contributed by atoms with Crippen LogP contribution in [0.4, 0.5) is 0 Å². The van der Waals surface area contributed by atoms with Crippen molar-refractivity contribution in [1.29, 1.82) is 0 Å². The SMILES string of the molecule is CCCCOC(=O)[C@@H](N)Cc1c(C)cc(OC)cc1C. The Morgan fingerprint density at radius 1 is 1.30 bits per heavy atom. The van der Waals surface area contributed by atoms with Crippen molar-refractivity contribution in [3.63, 3.8) is 0 Å². The Morgan fingerprint density at radius 2 is 1.90 bits per heavy atom. The fourth-order valence-electron chi connectivity index (χ4n) is 2.12. The lowest BCUT2D eigenvalue weighted by Gasteiger charge is -2.16. The molecule has 1 aromatic rings. The molecule has 1 atom stereocenters. The van der Waals surface area contributed by atoms with Gasteiger partial charge < -0.3 is 15.2 Å². The average Bonchev–Trinajstić information content (AvgIpc) is 2.42. The Kier molecular flexibility index (Phi) is 6.52. The zero-order valence-electron chi connectivity index (χ0n) is 12.9. The highest BCUT2D eigenvalue weighted by molar-refractivity contribution is 5.76. The number of carbonyl (C=O) groups excluding carboxylic acids is 1. The zero-order valence-corrected chi connectivity index (χ0v) is 12.9. The minimum atomic E-state index is -0.613. The van der Waals surface area contributed by atoms with Gasteiger partial charge in [-0.05, 0) is 55.5 Å². The second kappa shape index (κ2) is 7.90. The quantitative estimate of drug-likeness (QED) is 0.615.